The van der Waals surface area contributed by atoms with Crippen molar-refractivity contribution in [2.75, 3.05) is 11.9 Å². The van der Waals surface area contributed by atoms with Crippen molar-refractivity contribution in [2.24, 2.45) is 0 Å². The van der Waals surface area contributed by atoms with E-state index in [0.29, 0.717) is 24.5 Å². The van der Waals surface area contributed by atoms with Crippen LogP contribution in [-0.2, 0) is 11.2 Å². The van der Waals surface area contributed by atoms with E-state index in [1.165, 1.54) is 5.56 Å². The molecule has 1 aliphatic rings. The van der Waals surface area contributed by atoms with E-state index in [9.17, 15) is 9.59 Å². The van der Waals surface area contributed by atoms with Gasteiger partial charge >= 0.3 is 6.03 Å². The third-order valence-electron chi connectivity index (χ3n) is 5.68. The fraction of sp³-hybridized carbons (Fsp3) is 0.320. The molecule has 0 saturated carbocycles. The molecule has 2 atom stereocenters. The van der Waals surface area contributed by atoms with E-state index >= 15 is 0 Å². The molecule has 2 heterocycles. The summed E-state index contributed by atoms with van der Waals surface area (Å²) in [7, 11) is 0. The summed E-state index contributed by atoms with van der Waals surface area (Å²) in [6, 6.07) is 21.5. The highest BCUT2D eigenvalue weighted by molar-refractivity contribution is 5.89. The number of hydrogen-bond acceptors (Lipinski definition) is 4. The van der Waals surface area contributed by atoms with Crippen LogP contribution in [0.4, 0.5) is 10.6 Å². The highest BCUT2D eigenvalue weighted by Crippen LogP contribution is 2.25. The standard InChI is InChI=1S/C25H30N6O2/c1-2-20-16-23(32)29-24(27-20)31-22(17-21(30-31)19-13-7-4-8-14-19)28-25(33)26-15-9-12-18-10-5-3-6-11-18/h3-8,10-11,13-14,17,20,24,27H,2,9,12,15-16H2,1H3,(H,29,32)(H2,26,28,33). The number of nitrogens with zero attached hydrogens (tertiary/aromatic N) is 2. The minimum Gasteiger partial charge on any atom is -0.338 e. The number of hydrogen-bond donors (Lipinski definition) is 4. The first-order valence-corrected chi connectivity index (χ1v) is 11.4. The fourth-order valence-electron chi connectivity index (χ4n) is 3.89. The number of anilines is 1. The number of benzene rings is 2. The molecule has 0 bridgehead atoms. The van der Waals surface area contributed by atoms with Gasteiger partial charge in [0, 0.05) is 30.6 Å². The van der Waals surface area contributed by atoms with Gasteiger partial charge in [-0.2, -0.15) is 5.10 Å². The summed E-state index contributed by atoms with van der Waals surface area (Å²) in [4.78, 5) is 24.8. The lowest BCUT2D eigenvalue weighted by Crippen LogP contribution is -2.53. The van der Waals surface area contributed by atoms with Gasteiger partial charge in [0.2, 0.25) is 5.91 Å². The van der Waals surface area contributed by atoms with Gasteiger partial charge in [-0.1, -0.05) is 67.6 Å². The van der Waals surface area contributed by atoms with Crippen molar-refractivity contribution in [3.63, 3.8) is 0 Å². The Hall–Kier alpha value is -3.65. The van der Waals surface area contributed by atoms with Crippen LogP contribution in [0.15, 0.2) is 66.7 Å². The Morgan fingerprint density at radius 3 is 2.58 bits per heavy atom. The highest BCUT2D eigenvalue weighted by Gasteiger charge is 2.28. The molecule has 172 valence electrons. The number of carbonyl (C=O) groups is 2. The highest BCUT2D eigenvalue weighted by atomic mass is 16.2. The van der Waals surface area contributed by atoms with Gasteiger partial charge in [0.05, 0.1) is 5.69 Å². The van der Waals surface area contributed by atoms with Crippen molar-refractivity contribution < 1.29 is 9.59 Å². The van der Waals surface area contributed by atoms with Gasteiger partial charge in [-0.15, -0.1) is 0 Å². The molecule has 1 aliphatic heterocycles. The SMILES string of the molecule is CCC1CC(=O)NC(n2nc(-c3ccccc3)cc2NC(=O)NCCCc2ccccc2)N1. The molecular formula is C25H30N6O2. The van der Waals surface area contributed by atoms with Crippen LogP contribution < -0.4 is 21.3 Å². The van der Waals surface area contributed by atoms with Crippen LogP contribution in [0.2, 0.25) is 0 Å². The van der Waals surface area contributed by atoms with Crippen molar-refractivity contribution in [3.05, 3.63) is 72.3 Å². The predicted molar refractivity (Wildman–Crippen MR) is 128 cm³/mol. The Morgan fingerprint density at radius 1 is 1.12 bits per heavy atom. The maximum absolute atomic E-state index is 12.6. The summed E-state index contributed by atoms with van der Waals surface area (Å²) in [5.74, 6) is 0.461. The lowest BCUT2D eigenvalue weighted by molar-refractivity contribution is -0.125. The summed E-state index contributed by atoms with van der Waals surface area (Å²) < 4.78 is 1.63. The van der Waals surface area contributed by atoms with Crippen LogP contribution in [-0.4, -0.2) is 34.3 Å². The van der Waals surface area contributed by atoms with Crippen molar-refractivity contribution in [1.29, 1.82) is 0 Å². The second-order valence-corrected chi connectivity index (χ2v) is 8.14. The third-order valence-corrected chi connectivity index (χ3v) is 5.68. The maximum atomic E-state index is 12.6. The Bertz CT molecular complexity index is 1070. The van der Waals surface area contributed by atoms with Crippen LogP contribution in [0.1, 0.15) is 38.0 Å². The molecule has 8 nitrogen and oxygen atoms in total. The van der Waals surface area contributed by atoms with Crippen molar-refractivity contribution >= 4 is 17.8 Å². The van der Waals surface area contributed by atoms with Crippen molar-refractivity contribution in [1.82, 2.24) is 25.7 Å². The minimum absolute atomic E-state index is 0.0429. The molecule has 0 aliphatic carbocycles. The molecule has 2 aromatic carbocycles. The largest absolute Gasteiger partial charge is 0.338 e. The summed E-state index contributed by atoms with van der Waals surface area (Å²) in [6.45, 7) is 2.59. The van der Waals surface area contributed by atoms with E-state index in [1.54, 1.807) is 4.68 Å². The van der Waals surface area contributed by atoms with Crippen LogP contribution in [0.3, 0.4) is 0 Å². The van der Waals surface area contributed by atoms with Gasteiger partial charge < -0.3 is 10.6 Å². The Labute approximate surface area is 193 Å². The van der Waals surface area contributed by atoms with E-state index < -0.39 is 6.29 Å². The number of rotatable bonds is 8. The van der Waals surface area contributed by atoms with E-state index in [0.717, 1.165) is 24.8 Å². The second kappa shape index (κ2) is 10.8. The Kier molecular flexibility index (Phi) is 7.36. The van der Waals surface area contributed by atoms with Gasteiger partial charge in [-0.3, -0.25) is 15.4 Å². The zero-order valence-electron chi connectivity index (χ0n) is 18.8. The molecule has 2 unspecified atom stereocenters. The summed E-state index contributed by atoms with van der Waals surface area (Å²) in [6.07, 6.45) is 2.44. The fourth-order valence-corrected chi connectivity index (χ4v) is 3.89. The van der Waals surface area contributed by atoms with Crippen molar-refractivity contribution in [2.45, 2.75) is 44.9 Å². The van der Waals surface area contributed by atoms with Crippen LogP contribution in [0.25, 0.3) is 11.3 Å². The third kappa shape index (κ3) is 5.98. The number of urea groups is 1. The second-order valence-electron chi connectivity index (χ2n) is 8.14. The monoisotopic (exact) mass is 446 g/mol. The number of amides is 3. The first kappa shape index (κ1) is 22.5. The first-order valence-electron chi connectivity index (χ1n) is 11.4. The molecule has 1 saturated heterocycles. The van der Waals surface area contributed by atoms with Gasteiger partial charge in [0.15, 0.2) is 6.29 Å². The van der Waals surface area contributed by atoms with Gasteiger partial charge in [0.1, 0.15) is 5.82 Å². The van der Waals surface area contributed by atoms with Crippen LogP contribution in [0.5, 0.6) is 0 Å². The number of aromatic nitrogens is 2. The van der Waals surface area contributed by atoms with Gasteiger partial charge in [-0.25, -0.2) is 9.48 Å². The molecule has 3 amide bonds. The average molecular weight is 447 g/mol. The summed E-state index contributed by atoms with van der Waals surface area (Å²) in [5.41, 5.74) is 2.89. The molecule has 4 rings (SSSR count). The molecule has 8 heteroatoms. The van der Waals surface area contributed by atoms with Gasteiger partial charge in [0.25, 0.3) is 0 Å². The van der Waals surface area contributed by atoms with Crippen molar-refractivity contribution in [3.8, 4) is 11.3 Å². The van der Waals surface area contributed by atoms with E-state index in [1.807, 2.05) is 61.5 Å². The topological polar surface area (TPSA) is 100 Å². The van der Waals surface area contributed by atoms with E-state index in [2.05, 4.69) is 33.4 Å². The molecule has 33 heavy (non-hydrogen) atoms. The van der Waals surface area contributed by atoms with Crippen LogP contribution in [0, 0.1) is 0 Å². The zero-order chi connectivity index (χ0) is 23.0. The molecule has 0 spiro atoms. The minimum atomic E-state index is -0.540. The number of nitrogens with one attached hydrogen (secondary N) is 4. The molecule has 1 aromatic heterocycles. The molecule has 1 fully saturated rings. The molecule has 4 N–H and O–H groups in total. The van der Waals surface area contributed by atoms with E-state index in [4.69, 9.17) is 5.10 Å². The number of carbonyl (C=O) groups excluding carboxylic acids is 2. The quantitative estimate of drug-likeness (QED) is 0.397. The smallest absolute Gasteiger partial charge is 0.320 e. The molecule has 3 aromatic rings. The normalized spacial score (nSPS) is 17.9. The average Bonchev–Trinajstić information content (AvgIpc) is 3.26. The lowest BCUT2D eigenvalue weighted by Gasteiger charge is -2.31. The zero-order valence-corrected chi connectivity index (χ0v) is 18.8. The Balaban J connectivity index is 1.45. The molecule has 0 radical (unpaired) electrons. The lowest BCUT2D eigenvalue weighted by atomic mass is 10.1. The Morgan fingerprint density at radius 2 is 1.85 bits per heavy atom. The van der Waals surface area contributed by atoms with Crippen LogP contribution >= 0.6 is 0 Å². The van der Waals surface area contributed by atoms with Gasteiger partial charge in [-0.05, 0) is 24.8 Å². The predicted octanol–water partition coefficient (Wildman–Crippen LogP) is 3.65. The summed E-state index contributed by atoms with van der Waals surface area (Å²) >= 11 is 0. The van der Waals surface area contributed by atoms with E-state index in [-0.39, 0.29) is 18.0 Å². The first-order chi connectivity index (χ1) is 16.1. The number of aryl methyl sites for hydroxylation is 1. The maximum Gasteiger partial charge on any atom is 0.320 e. The molecular weight excluding hydrogens is 416 g/mol. The summed E-state index contributed by atoms with van der Waals surface area (Å²) in [5, 5.41) is 16.8.